The lowest BCUT2D eigenvalue weighted by molar-refractivity contribution is -0.137. The maximum atomic E-state index is 12.8. The molecule has 0 aliphatic rings. The zero-order chi connectivity index (χ0) is 22.9. The third-order valence-corrected chi connectivity index (χ3v) is 6.45. The van der Waals surface area contributed by atoms with E-state index in [2.05, 4.69) is 15.0 Å². The van der Waals surface area contributed by atoms with Crippen molar-refractivity contribution in [3.05, 3.63) is 84.3 Å². The van der Waals surface area contributed by atoms with Crippen LogP contribution in [0.1, 0.15) is 11.1 Å². The van der Waals surface area contributed by atoms with E-state index >= 15 is 0 Å². The van der Waals surface area contributed by atoms with Crippen LogP contribution in [-0.4, -0.2) is 24.9 Å². The molecule has 0 aliphatic heterocycles. The number of pyridine rings is 1. The van der Waals surface area contributed by atoms with Crippen molar-refractivity contribution in [2.24, 2.45) is 0 Å². The van der Waals surface area contributed by atoms with Crippen molar-refractivity contribution >= 4 is 21.2 Å². The molecule has 166 valence electrons. The molecule has 2 aromatic carbocycles. The molecule has 0 saturated carbocycles. The molecule has 2 N–H and O–H groups in total. The van der Waals surface area contributed by atoms with E-state index < -0.39 is 21.8 Å². The van der Waals surface area contributed by atoms with Crippen LogP contribution in [0.3, 0.4) is 0 Å². The van der Waals surface area contributed by atoms with Crippen LogP contribution in [0.5, 0.6) is 0 Å². The predicted octanol–water partition coefficient (Wildman–Crippen LogP) is 4.54. The third-order valence-electron chi connectivity index (χ3n) is 5.03. The molecule has 2 aromatic heterocycles. The van der Waals surface area contributed by atoms with Crippen molar-refractivity contribution in [3.8, 4) is 11.3 Å². The highest BCUT2D eigenvalue weighted by molar-refractivity contribution is 7.89. The number of benzene rings is 2. The number of fused-ring (bicyclic) bond motifs is 1. The molecule has 0 radical (unpaired) electrons. The molecule has 0 unspecified atom stereocenters. The van der Waals surface area contributed by atoms with Gasteiger partial charge in [0.15, 0.2) is 0 Å². The lowest BCUT2D eigenvalue weighted by Gasteiger charge is -2.14. The van der Waals surface area contributed by atoms with Gasteiger partial charge in [0.25, 0.3) is 0 Å². The van der Waals surface area contributed by atoms with Gasteiger partial charge in [0.05, 0.1) is 28.0 Å². The number of alkyl halides is 3. The molecule has 2 heterocycles. The van der Waals surface area contributed by atoms with Gasteiger partial charge in [0.1, 0.15) is 0 Å². The molecule has 4 aromatic rings. The van der Waals surface area contributed by atoms with Crippen LogP contribution in [0.4, 0.5) is 18.9 Å². The average Bonchev–Trinajstić information content (AvgIpc) is 3.21. The van der Waals surface area contributed by atoms with Crippen molar-refractivity contribution in [2.45, 2.75) is 17.6 Å². The van der Waals surface area contributed by atoms with Gasteiger partial charge < -0.3 is 9.72 Å². The van der Waals surface area contributed by atoms with Crippen LogP contribution in [0.25, 0.3) is 16.8 Å². The van der Waals surface area contributed by atoms with Crippen LogP contribution in [0.15, 0.2) is 78.1 Å². The van der Waals surface area contributed by atoms with Gasteiger partial charge in [-0.05, 0) is 55.1 Å². The van der Waals surface area contributed by atoms with E-state index in [-0.39, 0.29) is 11.4 Å². The van der Waals surface area contributed by atoms with E-state index in [9.17, 15) is 21.6 Å². The molecule has 0 bridgehead atoms. The zero-order valence-electron chi connectivity index (χ0n) is 16.9. The van der Waals surface area contributed by atoms with E-state index in [0.717, 1.165) is 17.6 Å². The smallest absolute Gasteiger partial charge is 0.380 e. The number of nitrogens with one attached hydrogen (secondary N) is 2. The van der Waals surface area contributed by atoms with Crippen molar-refractivity contribution in [1.82, 2.24) is 14.1 Å². The first-order chi connectivity index (χ1) is 15.2. The zero-order valence-corrected chi connectivity index (χ0v) is 17.7. The van der Waals surface area contributed by atoms with Crippen LogP contribution in [0.2, 0.25) is 0 Å². The summed E-state index contributed by atoms with van der Waals surface area (Å²) in [6.45, 7) is 0.245. The Bertz CT molecular complexity index is 1360. The van der Waals surface area contributed by atoms with Crippen molar-refractivity contribution in [3.63, 3.8) is 0 Å². The minimum absolute atomic E-state index is 0.0761. The molecular formula is C22H19F3N4O2S. The van der Waals surface area contributed by atoms with Gasteiger partial charge in [-0.15, -0.1) is 0 Å². The Morgan fingerprint density at radius 2 is 1.78 bits per heavy atom. The molecule has 0 amide bonds. The fourth-order valence-corrected chi connectivity index (χ4v) is 4.07. The Morgan fingerprint density at radius 1 is 1.03 bits per heavy atom. The SMILES string of the molecule is CNS(=O)(=O)c1ccc(NCc2ccc(C(F)(F)F)cc2)c(-c2ncn3ccccc23)c1. The van der Waals surface area contributed by atoms with E-state index in [1.54, 1.807) is 12.4 Å². The Balaban J connectivity index is 1.72. The monoisotopic (exact) mass is 460 g/mol. The van der Waals surface area contributed by atoms with E-state index in [1.165, 1.54) is 31.3 Å². The summed E-state index contributed by atoms with van der Waals surface area (Å²) in [4.78, 5) is 4.53. The second kappa shape index (κ2) is 8.29. The largest absolute Gasteiger partial charge is 0.416 e. The molecule has 32 heavy (non-hydrogen) atoms. The molecule has 0 saturated heterocycles. The van der Waals surface area contributed by atoms with Gasteiger partial charge in [0, 0.05) is 24.0 Å². The molecule has 4 rings (SSSR count). The first-order valence-corrected chi connectivity index (χ1v) is 11.1. The summed E-state index contributed by atoms with van der Waals surface area (Å²) in [7, 11) is -2.36. The van der Waals surface area contributed by atoms with Gasteiger partial charge in [-0.3, -0.25) is 0 Å². The van der Waals surface area contributed by atoms with Crippen molar-refractivity contribution in [1.29, 1.82) is 0 Å². The van der Waals surface area contributed by atoms with E-state index in [4.69, 9.17) is 0 Å². The highest BCUT2D eigenvalue weighted by Crippen LogP contribution is 2.33. The van der Waals surface area contributed by atoms with Crippen LogP contribution < -0.4 is 10.0 Å². The number of aromatic nitrogens is 2. The second-order valence-corrected chi connectivity index (χ2v) is 8.94. The van der Waals surface area contributed by atoms with E-state index in [1.807, 2.05) is 28.8 Å². The molecular weight excluding hydrogens is 441 g/mol. The predicted molar refractivity (Wildman–Crippen MR) is 116 cm³/mol. The average molecular weight is 460 g/mol. The summed E-state index contributed by atoms with van der Waals surface area (Å²) >= 11 is 0. The summed E-state index contributed by atoms with van der Waals surface area (Å²) in [5, 5.41) is 3.19. The molecule has 10 heteroatoms. The number of sulfonamides is 1. The Labute approximate surface area is 182 Å². The van der Waals surface area contributed by atoms with Crippen LogP contribution in [0, 0.1) is 0 Å². The highest BCUT2D eigenvalue weighted by atomic mass is 32.2. The standard InChI is InChI=1S/C22H19F3N4O2S/c1-26-32(30,31)17-9-10-19(27-13-15-5-7-16(8-6-15)22(23,24)25)18(12-17)21-20-4-2-3-11-29(20)14-28-21/h2-12,14,26-27H,13H2,1H3. The fourth-order valence-electron chi connectivity index (χ4n) is 3.32. The van der Waals surface area contributed by atoms with Crippen LogP contribution in [-0.2, 0) is 22.7 Å². The Kier molecular flexibility index (Phi) is 5.66. The third kappa shape index (κ3) is 4.32. The molecule has 0 fully saturated rings. The first-order valence-electron chi connectivity index (χ1n) is 9.59. The number of imidazole rings is 1. The topological polar surface area (TPSA) is 75.5 Å². The second-order valence-electron chi connectivity index (χ2n) is 7.05. The number of hydrogen-bond donors (Lipinski definition) is 2. The number of nitrogens with zero attached hydrogens (tertiary/aromatic N) is 2. The summed E-state index contributed by atoms with van der Waals surface area (Å²) < 4.78 is 67.2. The summed E-state index contributed by atoms with van der Waals surface area (Å²) in [5.74, 6) is 0. The molecule has 0 atom stereocenters. The number of hydrogen-bond acceptors (Lipinski definition) is 4. The van der Waals surface area contributed by atoms with Gasteiger partial charge in [-0.25, -0.2) is 18.1 Å². The Hall–Kier alpha value is -3.37. The maximum Gasteiger partial charge on any atom is 0.416 e. The minimum atomic E-state index is -4.39. The lowest BCUT2D eigenvalue weighted by Crippen LogP contribution is -2.18. The van der Waals surface area contributed by atoms with Gasteiger partial charge in [-0.2, -0.15) is 13.2 Å². The minimum Gasteiger partial charge on any atom is -0.380 e. The van der Waals surface area contributed by atoms with Gasteiger partial charge in [-0.1, -0.05) is 18.2 Å². The summed E-state index contributed by atoms with van der Waals surface area (Å²) in [6, 6.07) is 15.0. The lowest BCUT2D eigenvalue weighted by atomic mass is 10.1. The van der Waals surface area contributed by atoms with Gasteiger partial charge >= 0.3 is 6.18 Å². The summed E-state index contributed by atoms with van der Waals surface area (Å²) in [6.07, 6.45) is -0.936. The quantitative estimate of drug-likeness (QED) is 0.443. The maximum absolute atomic E-state index is 12.8. The molecule has 0 aliphatic carbocycles. The van der Waals surface area contributed by atoms with Crippen LogP contribution >= 0.6 is 0 Å². The molecule has 0 spiro atoms. The number of rotatable bonds is 6. The van der Waals surface area contributed by atoms with Crippen molar-refractivity contribution < 1.29 is 21.6 Å². The van der Waals surface area contributed by atoms with Gasteiger partial charge in [0.2, 0.25) is 10.0 Å². The summed E-state index contributed by atoms with van der Waals surface area (Å²) in [5.41, 5.74) is 2.45. The fraction of sp³-hybridized carbons (Fsp3) is 0.136. The number of halogens is 3. The molecule has 6 nitrogen and oxygen atoms in total. The Morgan fingerprint density at radius 3 is 2.47 bits per heavy atom. The van der Waals surface area contributed by atoms with E-state index in [0.29, 0.717) is 22.5 Å². The van der Waals surface area contributed by atoms with Crippen molar-refractivity contribution in [2.75, 3.05) is 12.4 Å². The first kappa shape index (κ1) is 21.8. The normalized spacial score (nSPS) is 12.2. The number of anilines is 1. The highest BCUT2D eigenvalue weighted by Gasteiger charge is 2.29.